The minimum absolute atomic E-state index is 0.218. The van der Waals surface area contributed by atoms with Crippen LogP contribution in [-0.4, -0.2) is 60.3 Å². The van der Waals surface area contributed by atoms with Crippen molar-refractivity contribution < 1.29 is 9.53 Å². The second kappa shape index (κ2) is 10.6. The van der Waals surface area contributed by atoms with Crippen molar-refractivity contribution in [3.8, 4) is 0 Å². The molecule has 0 aromatic carbocycles. The smallest absolute Gasteiger partial charge is 0.410 e. The van der Waals surface area contributed by atoms with E-state index in [4.69, 9.17) is 9.73 Å². The molecule has 7 nitrogen and oxygen atoms in total. The summed E-state index contributed by atoms with van der Waals surface area (Å²) in [6.45, 7) is 13.6. The maximum Gasteiger partial charge on any atom is 0.410 e. The fourth-order valence-corrected chi connectivity index (χ4v) is 3.75. The quantitative estimate of drug-likeness (QED) is 0.557. The number of aryl methyl sites for hydroxylation is 1. The molecule has 2 rings (SSSR count). The maximum absolute atomic E-state index is 12.3. The molecule has 1 atom stereocenters. The van der Waals surface area contributed by atoms with E-state index in [1.165, 1.54) is 0 Å². The van der Waals surface area contributed by atoms with Crippen molar-refractivity contribution in [1.29, 1.82) is 0 Å². The van der Waals surface area contributed by atoms with Crippen LogP contribution in [0.5, 0.6) is 0 Å². The highest BCUT2D eigenvalue weighted by Crippen LogP contribution is 2.19. The van der Waals surface area contributed by atoms with Gasteiger partial charge in [-0.1, -0.05) is 0 Å². The van der Waals surface area contributed by atoms with Crippen LogP contribution in [0.1, 0.15) is 51.2 Å². The number of thiazole rings is 1. The molecule has 1 aliphatic heterocycles. The Morgan fingerprint density at radius 2 is 2.21 bits per heavy atom. The van der Waals surface area contributed by atoms with E-state index >= 15 is 0 Å². The normalized spacial score (nSPS) is 18.1. The SMILES string of the molecule is CCNC(=NCC1CCCN(C(=O)OC(C)(C)C)C1)NCCc1csc(C)n1. The number of hydrogen-bond acceptors (Lipinski definition) is 5. The molecular weight excluding hydrogens is 374 g/mol. The molecule has 1 amide bonds. The largest absolute Gasteiger partial charge is 0.444 e. The van der Waals surface area contributed by atoms with Crippen LogP contribution in [0.25, 0.3) is 0 Å². The van der Waals surface area contributed by atoms with Crippen LogP contribution in [0.4, 0.5) is 4.79 Å². The van der Waals surface area contributed by atoms with Crippen molar-refractivity contribution in [2.75, 3.05) is 32.7 Å². The topological polar surface area (TPSA) is 78.9 Å². The van der Waals surface area contributed by atoms with E-state index in [0.29, 0.717) is 19.0 Å². The predicted octanol–water partition coefficient (Wildman–Crippen LogP) is 3.20. The lowest BCUT2D eigenvalue weighted by atomic mass is 9.98. The molecule has 158 valence electrons. The highest BCUT2D eigenvalue weighted by atomic mass is 32.1. The Kier molecular flexibility index (Phi) is 8.54. The fraction of sp³-hybridized carbons (Fsp3) is 0.750. The zero-order valence-electron chi connectivity index (χ0n) is 17.9. The highest BCUT2D eigenvalue weighted by Gasteiger charge is 2.27. The molecule has 1 aromatic rings. The summed E-state index contributed by atoms with van der Waals surface area (Å²) in [7, 11) is 0. The number of nitrogens with zero attached hydrogens (tertiary/aromatic N) is 3. The lowest BCUT2D eigenvalue weighted by molar-refractivity contribution is 0.0170. The maximum atomic E-state index is 12.3. The van der Waals surface area contributed by atoms with Gasteiger partial charge in [-0.2, -0.15) is 0 Å². The molecule has 2 heterocycles. The van der Waals surface area contributed by atoms with Crippen molar-refractivity contribution in [1.82, 2.24) is 20.5 Å². The van der Waals surface area contributed by atoms with Gasteiger partial charge >= 0.3 is 6.09 Å². The summed E-state index contributed by atoms with van der Waals surface area (Å²) in [5.74, 6) is 1.18. The number of guanidine groups is 1. The van der Waals surface area contributed by atoms with Crippen LogP contribution in [0, 0.1) is 12.8 Å². The number of hydrogen-bond donors (Lipinski definition) is 2. The zero-order valence-corrected chi connectivity index (χ0v) is 18.7. The molecule has 0 aliphatic carbocycles. The lowest BCUT2D eigenvalue weighted by Gasteiger charge is -2.33. The third-order valence-corrected chi connectivity index (χ3v) is 5.18. The molecule has 28 heavy (non-hydrogen) atoms. The summed E-state index contributed by atoms with van der Waals surface area (Å²) in [5, 5.41) is 9.88. The number of nitrogens with one attached hydrogen (secondary N) is 2. The second-order valence-corrected chi connectivity index (χ2v) is 9.25. The second-order valence-electron chi connectivity index (χ2n) is 8.19. The number of piperidine rings is 1. The molecular formula is C20H35N5O2S. The van der Waals surface area contributed by atoms with Gasteiger partial charge in [0.05, 0.1) is 10.7 Å². The van der Waals surface area contributed by atoms with E-state index in [1.54, 1.807) is 11.3 Å². The van der Waals surface area contributed by atoms with Crippen molar-refractivity contribution >= 4 is 23.4 Å². The average molecular weight is 410 g/mol. The first kappa shape index (κ1) is 22.5. The lowest BCUT2D eigenvalue weighted by Crippen LogP contribution is -2.44. The number of aromatic nitrogens is 1. The van der Waals surface area contributed by atoms with Gasteiger partial charge in [-0.05, 0) is 53.4 Å². The summed E-state index contributed by atoms with van der Waals surface area (Å²) in [5.41, 5.74) is 0.659. The van der Waals surface area contributed by atoms with Crippen molar-refractivity contribution in [3.63, 3.8) is 0 Å². The van der Waals surface area contributed by atoms with Gasteiger partial charge in [0.25, 0.3) is 0 Å². The third kappa shape index (κ3) is 8.04. The van der Waals surface area contributed by atoms with Gasteiger partial charge in [0.1, 0.15) is 5.60 Å². The van der Waals surface area contributed by atoms with Crippen LogP contribution >= 0.6 is 11.3 Å². The van der Waals surface area contributed by atoms with Gasteiger partial charge in [0, 0.05) is 44.5 Å². The Balaban J connectivity index is 1.82. The van der Waals surface area contributed by atoms with E-state index in [2.05, 4.69) is 27.9 Å². The van der Waals surface area contributed by atoms with Crippen molar-refractivity contribution in [3.05, 3.63) is 16.1 Å². The van der Waals surface area contributed by atoms with Gasteiger partial charge in [0.2, 0.25) is 0 Å². The minimum atomic E-state index is -0.458. The number of rotatable bonds is 6. The van der Waals surface area contributed by atoms with Crippen LogP contribution in [0.2, 0.25) is 0 Å². The monoisotopic (exact) mass is 409 g/mol. The van der Waals surface area contributed by atoms with Gasteiger partial charge in [-0.25, -0.2) is 9.78 Å². The number of carbonyl (C=O) groups is 1. The number of carbonyl (C=O) groups excluding carboxylic acids is 1. The summed E-state index contributed by atoms with van der Waals surface area (Å²) in [6.07, 6.45) is 2.74. The molecule has 1 saturated heterocycles. The van der Waals surface area contributed by atoms with Crippen LogP contribution in [-0.2, 0) is 11.2 Å². The number of ether oxygens (including phenoxy) is 1. The van der Waals surface area contributed by atoms with E-state index in [0.717, 1.165) is 55.6 Å². The van der Waals surface area contributed by atoms with Gasteiger partial charge in [-0.15, -0.1) is 11.3 Å². The summed E-state index contributed by atoms with van der Waals surface area (Å²) in [4.78, 5) is 23.4. The van der Waals surface area contributed by atoms with Crippen LogP contribution < -0.4 is 10.6 Å². The van der Waals surface area contributed by atoms with Crippen molar-refractivity contribution in [2.24, 2.45) is 10.9 Å². The first-order chi connectivity index (χ1) is 13.3. The minimum Gasteiger partial charge on any atom is -0.444 e. The van der Waals surface area contributed by atoms with E-state index in [9.17, 15) is 4.79 Å². The average Bonchev–Trinajstić information content (AvgIpc) is 3.03. The number of aliphatic imine (C=N–C) groups is 1. The van der Waals surface area contributed by atoms with E-state index in [1.807, 2.05) is 32.6 Å². The third-order valence-electron chi connectivity index (χ3n) is 4.36. The molecule has 1 aliphatic rings. The molecule has 8 heteroatoms. The molecule has 0 spiro atoms. The Bertz CT molecular complexity index is 653. The Hall–Kier alpha value is -1.83. The first-order valence-electron chi connectivity index (χ1n) is 10.2. The molecule has 0 bridgehead atoms. The number of likely N-dealkylation sites (tertiary alicyclic amines) is 1. The molecule has 2 N–H and O–H groups in total. The van der Waals surface area contributed by atoms with Gasteiger partial charge in [0.15, 0.2) is 5.96 Å². The Morgan fingerprint density at radius 3 is 2.86 bits per heavy atom. The van der Waals surface area contributed by atoms with E-state index in [-0.39, 0.29) is 6.09 Å². The molecule has 1 aromatic heterocycles. The molecule has 1 fully saturated rings. The fourth-order valence-electron chi connectivity index (χ4n) is 3.10. The molecule has 0 radical (unpaired) electrons. The summed E-state index contributed by atoms with van der Waals surface area (Å²) >= 11 is 1.68. The summed E-state index contributed by atoms with van der Waals surface area (Å²) in [6, 6.07) is 0. The van der Waals surface area contributed by atoms with Gasteiger partial charge in [-0.3, -0.25) is 4.99 Å². The Labute approximate surface area is 173 Å². The Morgan fingerprint density at radius 1 is 1.43 bits per heavy atom. The van der Waals surface area contributed by atoms with Gasteiger partial charge < -0.3 is 20.3 Å². The zero-order chi connectivity index (χ0) is 20.6. The highest BCUT2D eigenvalue weighted by molar-refractivity contribution is 7.09. The first-order valence-corrected chi connectivity index (χ1v) is 11.1. The van der Waals surface area contributed by atoms with E-state index < -0.39 is 5.60 Å². The van der Waals surface area contributed by atoms with Crippen LogP contribution in [0.15, 0.2) is 10.4 Å². The molecule has 1 unspecified atom stereocenters. The van der Waals surface area contributed by atoms with Crippen LogP contribution in [0.3, 0.4) is 0 Å². The van der Waals surface area contributed by atoms with Crippen molar-refractivity contribution in [2.45, 2.75) is 59.5 Å². The summed E-state index contributed by atoms with van der Waals surface area (Å²) < 4.78 is 5.51. The molecule has 0 saturated carbocycles. The predicted molar refractivity (Wildman–Crippen MR) is 115 cm³/mol. The standard InChI is InChI=1S/C20H35N5O2S/c1-6-21-18(22-10-9-17-14-28-15(2)24-17)23-12-16-8-7-11-25(13-16)19(26)27-20(3,4)5/h14,16H,6-13H2,1-5H3,(H2,21,22,23). The number of amides is 1.